The van der Waals surface area contributed by atoms with Crippen molar-refractivity contribution in [1.29, 1.82) is 0 Å². The first-order chi connectivity index (χ1) is 13.6. The molecule has 0 aromatic carbocycles. The number of likely N-dealkylation sites (tertiary alicyclic amines) is 1. The molecule has 1 spiro atoms. The topological polar surface area (TPSA) is 87.5 Å². The number of aromatic amines is 1. The number of H-pyrrole nitrogens is 1. The van der Waals surface area contributed by atoms with Crippen LogP contribution in [0.4, 0.5) is 5.95 Å². The molecule has 0 bridgehead atoms. The molecule has 2 saturated heterocycles. The zero-order valence-electron chi connectivity index (χ0n) is 16.4. The third-order valence-electron chi connectivity index (χ3n) is 6.38. The van der Waals surface area contributed by atoms with E-state index in [0.29, 0.717) is 25.1 Å². The number of piperidine rings is 1. The van der Waals surface area contributed by atoms with E-state index < -0.39 is 0 Å². The first kappa shape index (κ1) is 17.9. The minimum atomic E-state index is -0.0261. The molecule has 0 saturated carbocycles. The summed E-state index contributed by atoms with van der Waals surface area (Å²) in [5, 5.41) is 0. The fourth-order valence-electron chi connectivity index (χ4n) is 5.03. The number of anilines is 1. The van der Waals surface area contributed by atoms with Gasteiger partial charge in [-0.05, 0) is 32.2 Å². The molecule has 1 N–H and O–H groups in total. The summed E-state index contributed by atoms with van der Waals surface area (Å²) in [7, 11) is 0. The van der Waals surface area contributed by atoms with E-state index in [0.717, 1.165) is 75.4 Å². The largest absolute Gasteiger partial charge is 0.449 e. The molecule has 4 heterocycles. The minimum absolute atomic E-state index is 0.0261. The summed E-state index contributed by atoms with van der Waals surface area (Å²) in [6, 6.07) is 0. The molecular weight excluding hydrogens is 358 g/mol. The SMILES string of the molecule is Cc1nc(CN2CCCC3(CCc4c3nc(N3CCOCC3)[nH]c4=O)C2)co1. The molecule has 1 atom stereocenters. The second-order valence-electron chi connectivity index (χ2n) is 8.27. The molecule has 3 aliphatic rings. The van der Waals surface area contributed by atoms with Crippen LogP contribution in [0.1, 0.15) is 42.1 Å². The van der Waals surface area contributed by atoms with Crippen LogP contribution in [0.3, 0.4) is 0 Å². The first-order valence-corrected chi connectivity index (χ1v) is 10.2. The van der Waals surface area contributed by atoms with Crippen LogP contribution in [0, 0.1) is 6.92 Å². The molecule has 2 aliphatic heterocycles. The average molecular weight is 385 g/mol. The summed E-state index contributed by atoms with van der Waals surface area (Å²) in [5.41, 5.74) is 2.89. The summed E-state index contributed by atoms with van der Waals surface area (Å²) < 4.78 is 10.8. The summed E-state index contributed by atoms with van der Waals surface area (Å²) in [5.74, 6) is 1.41. The van der Waals surface area contributed by atoms with Crippen molar-refractivity contribution < 1.29 is 9.15 Å². The number of nitrogens with zero attached hydrogens (tertiary/aromatic N) is 4. The molecule has 28 heavy (non-hydrogen) atoms. The van der Waals surface area contributed by atoms with Crippen molar-refractivity contribution in [3.63, 3.8) is 0 Å². The van der Waals surface area contributed by atoms with Gasteiger partial charge in [0, 0.05) is 44.1 Å². The number of fused-ring (bicyclic) bond motifs is 2. The fourth-order valence-corrected chi connectivity index (χ4v) is 5.03. The Morgan fingerprint density at radius 2 is 2.07 bits per heavy atom. The molecule has 1 aliphatic carbocycles. The number of hydrogen-bond acceptors (Lipinski definition) is 7. The van der Waals surface area contributed by atoms with Gasteiger partial charge in [-0.25, -0.2) is 9.97 Å². The lowest BCUT2D eigenvalue weighted by molar-refractivity contribution is 0.121. The van der Waals surface area contributed by atoms with Gasteiger partial charge >= 0.3 is 0 Å². The van der Waals surface area contributed by atoms with Gasteiger partial charge in [0.15, 0.2) is 5.89 Å². The van der Waals surface area contributed by atoms with E-state index in [-0.39, 0.29) is 11.0 Å². The Hall–Kier alpha value is -2.19. The van der Waals surface area contributed by atoms with Gasteiger partial charge in [-0.2, -0.15) is 0 Å². The molecule has 5 rings (SSSR count). The zero-order valence-corrected chi connectivity index (χ0v) is 16.4. The van der Waals surface area contributed by atoms with Crippen molar-refractivity contribution in [2.75, 3.05) is 44.3 Å². The Labute approximate surface area is 163 Å². The van der Waals surface area contributed by atoms with Crippen LogP contribution in [0.5, 0.6) is 0 Å². The molecule has 0 amide bonds. The van der Waals surface area contributed by atoms with Crippen LogP contribution in [0.15, 0.2) is 15.5 Å². The van der Waals surface area contributed by atoms with Crippen molar-refractivity contribution in [2.24, 2.45) is 0 Å². The summed E-state index contributed by atoms with van der Waals surface area (Å²) in [4.78, 5) is 29.9. The highest BCUT2D eigenvalue weighted by atomic mass is 16.5. The van der Waals surface area contributed by atoms with Gasteiger partial charge in [-0.3, -0.25) is 14.7 Å². The molecule has 8 nitrogen and oxygen atoms in total. The molecule has 150 valence electrons. The van der Waals surface area contributed by atoms with Crippen molar-refractivity contribution in [3.8, 4) is 0 Å². The lowest BCUT2D eigenvalue weighted by Crippen LogP contribution is -2.45. The Balaban J connectivity index is 1.43. The second-order valence-corrected chi connectivity index (χ2v) is 8.27. The van der Waals surface area contributed by atoms with Gasteiger partial charge in [0.2, 0.25) is 5.95 Å². The molecule has 2 fully saturated rings. The van der Waals surface area contributed by atoms with Gasteiger partial charge in [0.05, 0.1) is 24.6 Å². The van der Waals surface area contributed by atoms with E-state index in [1.54, 1.807) is 6.26 Å². The van der Waals surface area contributed by atoms with Crippen molar-refractivity contribution in [2.45, 2.75) is 44.6 Å². The van der Waals surface area contributed by atoms with Gasteiger partial charge in [-0.1, -0.05) is 0 Å². The summed E-state index contributed by atoms with van der Waals surface area (Å²) >= 11 is 0. The summed E-state index contributed by atoms with van der Waals surface area (Å²) in [6.45, 7) is 7.52. The minimum Gasteiger partial charge on any atom is -0.449 e. The Kier molecular flexibility index (Phi) is 4.47. The van der Waals surface area contributed by atoms with E-state index in [2.05, 4.69) is 19.8 Å². The van der Waals surface area contributed by atoms with Crippen LogP contribution in [0.2, 0.25) is 0 Å². The number of oxazole rings is 1. The van der Waals surface area contributed by atoms with E-state index >= 15 is 0 Å². The number of rotatable bonds is 3. The van der Waals surface area contributed by atoms with Crippen LogP contribution in [-0.4, -0.2) is 59.2 Å². The lowest BCUT2D eigenvalue weighted by Gasteiger charge is -2.40. The smallest absolute Gasteiger partial charge is 0.255 e. The fraction of sp³-hybridized carbons (Fsp3) is 0.650. The molecule has 2 aromatic rings. The zero-order chi connectivity index (χ0) is 19.1. The van der Waals surface area contributed by atoms with Crippen LogP contribution >= 0.6 is 0 Å². The van der Waals surface area contributed by atoms with Gasteiger partial charge in [0.1, 0.15) is 6.26 Å². The maximum atomic E-state index is 12.8. The van der Waals surface area contributed by atoms with Gasteiger partial charge in [0.25, 0.3) is 5.56 Å². The quantitative estimate of drug-likeness (QED) is 0.854. The Morgan fingerprint density at radius 3 is 2.86 bits per heavy atom. The third-order valence-corrected chi connectivity index (χ3v) is 6.38. The molecule has 8 heteroatoms. The predicted octanol–water partition coefficient (Wildman–Crippen LogP) is 1.38. The monoisotopic (exact) mass is 385 g/mol. The highest BCUT2D eigenvalue weighted by Crippen LogP contribution is 2.43. The molecule has 1 unspecified atom stereocenters. The van der Waals surface area contributed by atoms with E-state index in [4.69, 9.17) is 14.1 Å². The van der Waals surface area contributed by atoms with Crippen LogP contribution in [0.25, 0.3) is 0 Å². The van der Waals surface area contributed by atoms with Gasteiger partial charge in [-0.15, -0.1) is 0 Å². The number of ether oxygens (including phenoxy) is 1. The normalized spacial score (nSPS) is 25.4. The van der Waals surface area contributed by atoms with Gasteiger partial charge < -0.3 is 14.1 Å². The number of aromatic nitrogens is 3. The van der Waals surface area contributed by atoms with Crippen molar-refractivity contribution in [3.05, 3.63) is 39.5 Å². The van der Waals surface area contributed by atoms with Crippen LogP contribution < -0.4 is 10.5 Å². The predicted molar refractivity (Wildman–Crippen MR) is 104 cm³/mol. The first-order valence-electron chi connectivity index (χ1n) is 10.2. The highest BCUT2D eigenvalue weighted by molar-refractivity contribution is 5.40. The van der Waals surface area contributed by atoms with Crippen LogP contribution in [-0.2, 0) is 23.1 Å². The number of nitrogens with one attached hydrogen (secondary N) is 1. The van der Waals surface area contributed by atoms with Crippen molar-refractivity contribution in [1.82, 2.24) is 19.9 Å². The van der Waals surface area contributed by atoms with E-state index in [9.17, 15) is 4.79 Å². The number of hydrogen-bond donors (Lipinski definition) is 1. The highest BCUT2D eigenvalue weighted by Gasteiger charge is 2.45. The number of morpholine rings is 1. The maximum absolute atomic E-state index is 12.8. The average Bonchev–Trinajstić information content (AvgIpc) is 3.27. The van der Waals surface area contributed by atoms with Crippen molar-refractivity contribution >= 4 is 5.95 Å². The standard InChI is InChI=1S/C20H27N5O3/c1-14-21-15(12-28-14)11-24-6-2-4-20(13-24)5-3-16-17(20)22-19(23-18(16)26)25-7-9-27-10-8-25/h12H,2-11,13H2,1H3,(H,22,23,26). The second kappa shape index (κ2) is 7.00. The maximum Gasteiger partial charge on any atom is 0.255 e. The Bertz CT molecular complexity index is 917. The lowest BCUT2D eigenvalue weighted by atomic mass is 9.77. The van der Waals surface area contributed by atoms with E-state index in [1.165, 1.54) is 0 Å². The van der Waals surface area contributed by atoms with E-state index in [1.807, 2.05) is 6.92 Å². The molecule has 2 aromatic heterocycles. The molecule has 0 radical (unpaired) electrons. The summed E-state index contributed by atoms with van der Waals surface area (Å²) in [6.07, 6.45) is 5.76. The Morgan fingerprint density at radius 1 is 1.21 bits per heavy atom. The molecular formula is C20H27N5O3. The number of aryl methyl sites for hydroxylation is 1. The third kappa shape index (κ3) is 3.14.